The van der Waals surface area contributed by atoms with E-state index in [0.29, 0.717) is 0 Å². The maximum atomic E-state index is 6.00. The number of nitrogens with zero attached hydrogens (tertiary/aromatic N) is 3. The molecular formula is C28H42Cl2N4O3S. The van der Waals surface area contributed by atoms with Crippen LogP contribution in [0.5, 0.6) is 5.75 Å². The molecule has 0 radical (unpaired) electrons. The first-order valence-electron chi connectivity index (χ1n) is 13.1. The Balaban J connectivity index is 0.000000969. The molecule has 5 rings (SSSR count). The van der Waals surface area contributed by atoms with Crippen LogP contribution in [0.4, 0.5) is 0 Å². The standard InChI is InChI=1S/C26H33N3O3S.C2H7N.2ClH/c1-18-24(31-17-20-3-4-20)8-6-22-23(28-32-26(18)22)7-5-19-9-12-29(13-10-19)16-25-21(11-14-33-25)15-27-30-2;1-3-2;;/h6,8,11,14-15,19-20H,3-5,7,9-10,12-13,16-17H2,1-2H3;3H,1-2H3;2*1H. The second kappa shape index (κ2) is 16.3. The fraction of sp³-hybridized carbons (Fsp3) is 0.571. The fourth-order valence-electron chi connectivity index (χ4n) is 4.68. The minimum absolute atomic E-state index is 0. The summed E-state index contributed by atoms with van der Waals surface area (Å²) >= 11 is 1.80. The number of likely N-dealkylation sites (tertiary alicyclic amines) is 1. The van der Waals surface area contributed by atoms with Gasteiger partial charge in [-0.05, 0) is 108 Å². The molecule has 212 valence electrons. The quantitative estimate of drug-likeness (QED) is 0.217. The van der Waals surface area contributed by atoms with Gasteiger partial charge in [0.15, 0.2) is 5.58 Å². The van der Waals surface area contributed by atoms with Crippen molar-refractivity contribution in [3.05, 3.63) is 45.3 Å². The molecule has 0 spiro atoms. The normalized spacial score (nSPS) is 16.0. The van der Waals surface area contributed by atoms with Crippen LogP contribution in [-0.2, 0) is 17.8 Å². The summed E-state index contributed by atoms with van der Waals surface area (Å²) in [5, 5.41) is 14.4. The third kappa shape index (κ3) is 8.85. The van der Waals surface area contributed by atoms with E-state index in [1.54, 1.807) is 18.4 Å². The Hall–Kier alpha value is -1.84. The Labute approximate surface area is 243 Å². The van der Waals surface area contributed by atoms with Crippen LogP contribution in [0.2, 0.25) is 0 Å². The van der Waals surface area contributed by atoms with E-state index in [0.717, 1.165) is 72.5 Å². The highest BCUT2D eigenvalue weighted by Gasteiger charge is 2.24. The number of rotatable bonds is 10. The van der Waals surface area contributed by atoms with E-state index in [4.69, 9.17) is 14.1 Å². The molecule has 1 saturated carbocycles. The molecule has 38 heavy (non-hydrogen) atoms. The smallest absolute Gasteiger partial charge is 0.173 e. The van der Waals surface area contributed by atoms with Crippen LogP contribution in [0.15, 0.2) is 33.3 Å². The molecule has 2 aromatic heterocycles. The van der Waals surface area contributed by atoms with E-state index in [2.05, 4.69) is 51.0 Å². The zero-order valence-corrected chi connectivity index (χ0v) is 25.4. The predicted molar refractivity (Wildman–Crippen MR) is 162 cm³/mol. The summed E-state index contributed by atoms with van der Waals surface area (Å²) in [7, 11) is 5.33. The highest BCUT2D eigenvalue weighted by molar-refractivity contribution is 7.10. The third-order valence-corrected chi connectivity index (χ3v) is 7.95. The van der Waals surface area contributed by atoms with Gasteiger partial charge in [-0.3, -0.25) is 4.90 Å². The first-order chi connectivity index (χ1) is 17.6. The average molecular weight is 586 g/mol. The summed E-state index contributed by atoms with van der Waals surface area (Å²) in [5.74, 6) is 2.42. The number of halogens is 2. The SMILES string of the molecule is CNC.CON=Cc1ccsc1CN1CCC(CCc2noc3c(C)c(OCC4CC4)ccc23)CC1.Cl.Cl. The lowest BCUT2D eigenvalue weighted by Crippen LogP contribution is -2.33. The van der Waals surface area contributed by atoms with Crippen molar-refractivity contribution in [2.75, 3.05) is 40.9 Å². The van der Waals surface area contributed by atoms with Crippen LogP contribution < -0.4 is 10.1 Å². The number of hydrogen-bond donors (Lipinski definition) is 1. The fourth-order valence-corrected chi connectivity index (χ4v) is 5.57. The van der Waals surface area contributed by atoms with E-state index in [1.165, 1.54) is 42.5 Å². The van der Waals surface area contributed by atoms with E-state index in [1.807, 2.05) is 20.3 Å². The number of aryl methyl sites for hydroxylation is 2. The maximum Gasteiger partial charge on any atom is 0.173 e. The molecule has 0 unspecified atom stereocenters. The minimum Gasteiger partial charge on any atom is -0.493 e. The maximum absolute atomic E-state index is 6.00. The monoisotopic (exact) mass is 584 g/mol. The predicted octanol–water partition coefficient (Wildman–Crippen LogP) is 6.49. The Morgan fingerprint density at radius 3 is 2.55 bits per heavy atom. The van der Waals surface area contributed by atoms with E-state index < -0.39 is 0 Å². The minimum atomic E-state index is 0. The van der Waals surface area contributed by atoms with E-state index >= 15 is 0 Å². The van der Waals surface area contributed by atoms with Crippen molar-refractivity contribution in [3.63, 3.8) is 0 Å². The number of oxime groups is 1. The van der Waals surface area contributed by atoms with Crippen LogP contribution in [-0.4, -0.2) is 57.2 Å². The molecular weight excluding hydrogens is 543 g/mol. The van der Waals surface area contributed by atoms with Crippen molar-refractivity contribution in [2.24, 2.45) is 17.0 Å². The van der Waals surface area contributed by atoms with Gasteiger partial charge in [0, 0.05) is 27.9 Å². The van der Waals surface area contributed by atoms with Crippen molar-refractivity contribution >= 4 is 53.3 Å². The van der Waals surface area contributed by atoms with Crippen LogP contribution in [0.25, 0.3) is 11.0 Å². The van der Waals surface area contributed by atoms with Crippen molar-refractivity contribution in [1.82, 2.24) is 15.4 Å². The number of benzene rings is 1. The average Bonchev–Trinajstić information content (AvgIpc) is 3.46. The number of hydrogen-bond acceptors (Lipinski definition) is 8. The van der Waals surface area contributed by atoms with E-state index in [-0.39, 0.29) is 24.8 Å². The highest BCUT2D eigenvalue weighted by Crippen LogP contribution is 2.34. The lowest BCUT2D eigenvalue weighted by Gasteiger charge is -2.31. The second-order valence-electron chi connectivity index (χ2n) is 9.92. The van der Waals surface area contributed by atoms with Crippen LogP contribution >= 0.6 is 36.2 Å². The number of nitrogens with one attached hydrogen (secondary N) is 1. The molecule has 0 atom stereocenters. The van der Waals surface area contributed by atoms with Crippen LogP contribution in [0.3, 0.4) is 0 Å². The number of piperidine rings is 1. The molecule has 1 aromatic carbocycles. The molecule has 0 bridgehead atoms. The van der Waals surface area contributed by atoms with Gasteiger partial charge in [-0.15, -0.1) is 36.2 Å². The topological polar surface area (TPSA) is 72.1 Å². The molecule has 7 nitrogen and oxygen atoms in total. The second-order valence-corrected chi connectivity index (χ2v) is 10.9. The molecule has 0 amide bonds. The molecule has 1 N–H and O–H groups in total. The van der Waals surface area contributed by atoms with Gasteiger partial charge in [0.1, 0.15) is 12.9 Å². The summed E-state index contributed by atoms with van der Waals surface area (Å²) in [4.78, 5) is 8.76. The number of thiophene rings is 1. The van der Waals surface area contributed by atoms with Crippen molar-refractivity contribution in [2.45, 2.75) is 52.0 Å². The summed E-state index contributed by atoms with van der Waals surface area (Å²) < 4.78 is 11.7. The Kier molecular flexibility index (Phi) is 13.9. The molecule has 10 heteroatoms. The Morgan fingerprint density at radius 2 is 1.87 bits per heavy atom. The van der Waals surface area contributed by atoms with Gasteiger partial charge in [0.05, 0.1) is 18.5 Å². The van der Waals surface area contributed by atoms with E-state index in [9.17, 15) is 0 Å². The van der Waals surface area contributed by atoms with Gasteiger partial charge in [-0.2, -0.15) is 0 Å². The van der Waals surface area contributed by atoms with Crippen molar-refractivity contribution in [3.8, 4) is 5.75 Å². The Morgan fingerprint density at radius 1 is 1.13 bits per heavy atom. The largest absolute Gasteiger partial charge is 0.493 e. The molecule has 3 aromatic rings. The van der Waals surface area contributed by atoms with Crippen molar-refractivity contribution < 1.29 is 14.1 Å². The molecule has 2 fully saturated rings. The van der Waals surface area contributed by atoms with Gasteiger partial charge in [-0.1, -0.05) is 10.3 Å². The summed E-state index contributed by atoms with van der Waals surface area (Å²) in [6.07, 6.45) is 9.02. The van der Waals surface area contributed by atoms with Gasteiger partial charge in [0.25, 0.3) is 0 Å². The zero-order valence-electron chi connectivity index (χ0n) is 22.9. The first-order valence-corrected chi connectivity index (χ1v) is 13.9. The zero-order chi connectivity index (χ0) is 25.3. The number of fused-ring (bicyclic) bond motifs is 1. The van der Waals surface area contributed by atoms with Gasteiger partial charge < -0.3 is 19.4 Å². The molecule has 3 heterocycles. The molecule has 2 aliphatic rings. The molecule has 1 saturated heterocycles. The lowest BCUT2D eigenvalue weighted by atomic mass is 9.91. The van der Waals surface area contributed by atoms with Crippen molar-refractivity contribution in [1.29, 1.82) is 0 Å². The third-order valence-electron chi connectivity index (χ3n) is 7.03. The number of aromatic nitrogens is 1. The summed E-state index contributed by atoms with van der Waals surface area (Å²) in [6.45, 7) is 6.18. The van der Waals surface area contributed by atoms with Crippen LogP contribution in [0, 0.1) is 18.8 Å². The van der Waals surface area contributed by atoms with Crippen LogP contribution in [0.1, 0.15) is 53.8 Å². The number of ether oxygens (including phenoxy) is 1. The lowest BCUT2D eigenvalue weighted by molar-refractivity contribution is 0.173. The van der Waals surface area contributed by atoms with Gasteiger partial charge in [-0.25, -0.2) is 0 Å². The molecule has 1 aliphatic heterocycles. The Bertz CT molecular complexity index is 1120. The molecule has 1 aliphatic carbocycles. The summed E-state index contributed by atoms with van der Waals surface area (Å²) in [5.41, 5.74) is 4.21. The summed E-state index contributed by atoms with van der Waals surface area (Å²) in [6, 6.07) is 6.33. The highest BCUT2D eigenvalue weighted by atomic mass is 35.5. The van der Waals surface area contributed by atoms with Gasteiger partial charge >= 0.3 is 0 Å². The van der Waals surface area contributed by atoms with Gasteiger partial charge in [0.2, 0.25) is 0 Å². The first kappa shape index (κ1) is 32.4.